The molecule has 18 heavy (non-hydrogen) atoms. The molecule has 0 bridgehead atoms. The van der Waals surface area contributed by atoms with Gasteiger partial charge in [-0.3, -0.25) is 4.79 Å². The van der Waals surface area contributed by atoms with Gasteiger partial charge in [0.2, 0.25) is 0 Å². The van der Waals surface area contributed by atoms with Crippen molar-refractivity contribution in [1.29, 1.82) is 5.26 Å². The van der Waals surface area contributed by atoms with Gasteiger partial charge in [-0.05, 0) is 24.6 Å². The molecule has 0 aliphatic carbocycles. The van der Waals surface area contributed by atoms with Crippen LogP contribution in [0.3, 0.4) is 0 Å². The molecule has 0 radical (unpaired) electrons. The lowest BCUT2D eigenvalue weighted by Gasteiger charge is -2.31. The molecule has 1 aromatic rings. The summed E-state index contributed by atoms with van der Waals surface area (Å²) in [5.41, 5.74) is 1.61. The lowest BCUT2D eigenvalue weighted by Crippen LogP contribution is -2.44. The monoisotopic (exact) mass is 244 g/mol. The summed E-state index contributed by atoms with van der Waals surface area (Å²) >= 11 is 0. The van der Waals surface area contributed by atoms with Crippen LogP contribution in [-0.2, 0) is 11.2 Å². The smallest absolute Gasteiger partial charge is 0.254 e. The van der Waals surface area contributed by atoms with Gasteiger partial charge in [0, 0.05) is 18.7 Å². The van der Waals surface area contributed by atoms with Crippen molar-refractivity contribution in [3.63, 3.8) is 0 Å². The predicted molar refractivity (Wildman–Crippen MR) is 67.1 cm³/mol. The van der Waals surface area contributed by atoms with Crippen molar-refractivity contribution in [2.75, 3.05) is 19.7 Å². The average molecular weight is 244 g/mol. The van der Waals surface area contributed by atoms with E-state index in [0.29, 0.717) is 31.7 Å². The van der Waals surface area contributed by atoms with Crippen LogP contribution < -0.4 is 0 Å². The van der Waals surface area contributed by atoms with Crippen molar-refractivity contribution >= 4 is 5.91 Å². The Hall–Kier alpha value is -1.86. The quantitative estimate of drug-likeness (QED) is 0.794. The highest BCUT2D eigenvalue weighted by Gasteiger charge is 2.22. The molecule has 1 aliphatic rings. The number of amides is 1. The fraction of sp³-hybridized carbons (Fsp3) is 0.429. The summed E-state index contributed by atoms with van der Waals surface area (Å²) in [5.74, 6) is 0.0358. The first kappa shape index (κ1) is 12.6. The second-order valence-electron chi connectivity index (χ2n) is 4.46. The van der Waals surface area contributed by atoms with Gasteiger partial charge in [-0.1, -0.05) is 12.1 Å². The van der Waals surface area contributed by atoms with Crippen molar-refractivity contribution < 1.29 is 9.53 Å². The third-order valence-corrected chi connectivity index (χ3v) is 3.01. The van der Waals surface area contributed by atoms with Crippen LogP contribution in [0.4, 0.5) is 0 Å². The highest BCUT2D eigenvalue weighted by Crippen LogP contribution is 2.11. The molecule has 1 saturated heterocycles. The van der Waals surface area contributed by atoms with Crippen LogP contribution in [0, 0.1) is 11.3 Å². The Balaban J connectivity index is 2.06. The van der Waals surface area contributed by atoms with E-state index in [9.17, 15) is 4.79 Å². The number of hydrogen-bond donors (Lipinski definition) is 0. The summed E-state index contributed by atoms with van der Waals surface area (Å²) in [4.78, 5) is 14.0. The first-order valence-corrected chi connectivity index (χ1v) is 6.07. The molecule has 4 heteroatoms. The van der Waals surface area contributed by atoms with E-state index < -0.39 is 0 Å². The molecule has 4 nitrogen and oxygen atoms in total. The van der Waals surface area contributed by atoms with Crippen molar-refractivity contribution in [2.24, 2.45) is 0 Å². The molecule has 1 aliphatic heterocycles. The second-order valence-corrected chi connectivity index (χ2v) is 4.46. The molecule has 1 fully saturated rings. The van der Waals surface area contributed by atoms with Crippen LogP contribution in [0.1, 0.15) is 22.8 Å². The molecule has 1 atom stereocenters. The van der Waals surface area contributed by atoms with Crippen molar-refractivity contribution in [3.8, 4) is 6.07 Å². The Morgan fingerprint density at radius 3 is 2.83 bits per heavy atom. The highest BCUT2D eigenvalue weighted by atomic mass is 16.5. The van der Waals surface area contributed by atoms with Crippen LogP contribution in [0.25, 0.3) is 0 Å². The van der Waals surface area contributed by atoms with E-state index in [1.165, 1.54) is 0 Å². The molecule has 1 aromatic carbocycles. The number of benzene rings is 1. The molecule has 1 unspecified atom stereocenters. The van der Waals surface area contributed by atoms with Crippen LogP contribution in [0.15, 0.2) is 24.3 Å². The standard InChI is InChI=1S/C14H16N2O2/c1-11-10-16(8-9-18-11)14(17)13-4-2-12(3-5-13)6-7-15/h2-5,11H,6,8-10H2,1H3. The minimum atomic E-state index is 0.0358. The maximum Gasteiger partial charge on any atom is 0.254 e. The number of carbonyl (C=O) groups excluding carboxylic acids is 1. The Bertz CT molecular complexity index is 462. The Morgan fingerprint density at radius 2 is 2.22 bits per heavy atom. The number of morpholine rings is 1. The second kappa shape index (κ2) is 5.65. The van der Waals surface area contributed by atoms with Gasteiger partial charge >= 0.3 is 0 Å². The summed E-state index contributed by atoms with van der Waals surface area (Å²) in [6, 6.07) is 9.33. The number of nitrogens with zero attached hydrogens (tertiary/aromatic N) is 2. The van der Waals surface area contributed by atoms with Gasteiger partial charge < -0.3 is 9.64 Å². The van der Waals surface area contributed by atoms with Crippen molar-refractivity contribution in [1.82, 2.24) is 4.90 Å². The first-order chi connectivity index (χ1) is 8.70. The average Bonchev–Trinajstić information content (AvgIpc) is 2.39. The zero-order valence-electron chi connectivity index (χ0n) is 10.4. The number of ether oxygens (including phenoxy) is 1. The molecule has 0 aromatic heterocycles. The minimum absolute atomic E-state index is 0.0358. The summed E-state index contributed by atoms with van der Waals surface area (Å²) in [7, 11) is 0. The first-order valence-electron chi connectivity index (χ1n) is 6.07. The number of carbonyl (C=O) groups is 1. The highest BCUT2D eigenvalue weighted by molar-refractivity contribution is 5.94. The van der Waals surface area contributed by atoms with Gasteiger partial charge in [0.25, 0.3) is 5.91 Å². The topological polar surface area (TPSA) is 53.3 Å². The summed E-state index contributed by atoms with van der Waals surface area (Å²) in [6.07, 6.45) is 0.476. The van der Waals surface area contributed by atoms with E-state index in [0.717, 1.165) is 5.56 Å². The summed E-state index contributed by atoms with van der Waals surface area (Å²) < 4.78 is 5.42. The van der Waals surface area contributed by atoms with Gasteiger partial charge in [-0.25, -0.2) is 0 Å². The lowest BCUT2D eigenvalue weighted by molar-refractivity contribution is -0.0124. The molecule has 0 spiro atoms. The molecular weight excluding hydrogens is 228 g/mol. The van der Waals surface area contributed by atoms with E-state index in [1.54, 1.807) is 12.1 Å². The van der Waals surface area contributed by atoms with E-state index in [-0.39, 0.29) is 12.0 Å². The molecule has 2 rings (SSSR count). The van der Waals surface area contributed by atoms with Gasteiger partial charge in [0.05, 0.1) is 25.2 Å². The largest absolute Gasteiger partial charge is 0.375 e. The van der Waals surface area contributed by atoms with Crippen molar-refractivity contribution in [2.45, 2.75) is 19.4 Å². The van der Waals surface area contributed by atoms with Crippen LogP contribution >= 0.6 is 0 Å². The van der Waals surface area contributed by atoms with Gasteiger partial charge in [0.15, 0.2) is 0 Å². The zero-order valence-corrected chi connectivity index (χ0v) is 10.4. The number of nitriles is 1. The van der Waals surface area contributed by atoms with E-state index in [2.05, 4.69) is 6.07 Å². The van der Waals surface area contributed by atoms with E-state index in [1.807, 2.05) is 24.0 Å². The predicted octanol–water partition coefficient (Wildman–Crippen LogP) is 1.61. The third-order valence-electron chi connectivity index (χ3n) is 3.01. The SMILES string of the molecule is CC1CN(C(=O)c2ccc(CC#N)cc2)CCO1. The maximum absolute atomic E-state index is 12.2. The summed E-state index contributed by atoms with van der Waals surface area (Å²) in [6.45, 7) is 3.84. The van der Waals surface area contributed by atoms with Crippen LogP contribution in [0.5, 0.6) is 0 Å². The number of rotatable bonds is 2. The zero-order chi connectivity index (χ0) is 13.0. The molecule has 94 valence electrons. The Kier molecular flexibility index (Phi) is 3.96. The Morgan fingerprint density at radius 1 is 1.50 bits per heavy atom. The van der Waals surface area contributed by atoms with Gasteiger partial charge in [0.1, 0.15) is 0 Å². The Labute approximate surface area is 107 Å². The fourth-order valence-corrected chi connectivity index (χ4v) is 2.04. The van der Waals surface area contributed by atoms with Gasteiger partial charge in [-0.15, -0.1) is 0 Å². The van der Waals surface area contributed by atoms with Gasteiger partial charge in [-0.2, -0.15) is 5.26 Å². The normalized spacial score (nSPS) is 19.3. The molecule has 0 N–H and O–H groups in total. The van der Waals surface area contributed by atoms with E-state index >= 15 is 0 Å². The lowest BCUT2D eigenvalue weighted by atomic mass is 10.1. The molecule has 0 saturated carbocycles. The van der Waals surface area contributed by atoms with E-state index in [4.69, 9.17) is 10.00 Å². The summed E-state index contributed by atoms with van der Waals surface area (Å²) in [5, 5.41) is 8.59. The van der Waals surface area contributed by atoms with Crippen molar-refractivity contribution in [3.05, 3.63) is 35.4 Å². The molecule has 1 heterocycles. The minimum Gasteiger partial charge on any atom is -0.375 e. The van der Waals surface area contributed by atoms with Crippen LogP contribution in [0.2, 0.25) is 0 Å². The van der Waals surface area contributed by atoms with Crippen LogP contribution in [-0.4, -0.2) is 36.6 Å². The molecule has 1 amide bonds. The third kappa shape index (κ3) is 2.88. The number of hydrogen-bond acceptors (Lipinski definition) is 3. The molecular formula is C14H16N2O2. The fourth-order valence-electron chi connectivity index (χ4n) is 2.04. The maximum atomic E-state index is 12.2.